The van der Waals surface area contributed by atoms with Crippen LogP contribution in [-0.4, -0.2) is 14.7 Å². The summed E-state index contributed by atoms with van der Waals surface area (Å²) in [7, 11) is 0. The summed E-state index contributed by atoms with van der Waals surface area (Å²) < 4.78 is 1.26. The van der Waals surface area contributed by atoms with Gasteiger partial charge in [-0.05, 0) is 5.56 Å². The van der Waals surface area contributed by atoms with Gasteiger partial charge in [0, 0.05) is 13.0 Å². The number of nitrogens with one attached hydrogen (secondary N) is 1. The van der Waals surface area contributed by atoms with Gasteiger partial charge in [0.2, 0.25) is 5.88 Å². The van der Waals surface area contributed by atoms with Gasteiger partial charge >= 0.3 is 5.69 Å². The Labute approximate surface area is 98.9 Å². The van der Waals surface area contributed by atoms with Crippen molar-refractivity contribution in [2.45, 2.75) is 13.0 Å². The van der Waals surface area contributed by atoms with E-state index < -0.39 is 0 Å². The van der Waals surface area contributed by atoms with E-state index in [1.807, 2.05) is 30.3 Å². The Morgan fingerprint density at radius 1 is 1.35 bits per heavy atom. The van der Waals surface area contributed by atoms with Crippen molar-refractivity contribution in [2.75, 3.05) is 0 Å². The molecule has 0 spiro atoms. The van der Waals surface area contributed by atoms with E-state index in [4.69, 9.17) is 0 Å². The molecule has 2 rings (SSSR count). The summed E-state index contributed by atoms with van der Waals surface area (Å²) in [5, 5.41) is 9.89. The molecule has 0 aliphatic rings. The molecule has 88 valence electrons. The highest BCUT2D eigenvalue weighted by molar-refractivity contribution is 5.27. The minimum absolute atomic E-state index is 0.0150. The van der Waals surface area contributed by atoms with Crippen LogP contribution in [0.2, 0.25) is 0 Å². The number of nitrogens with zero attached hydrogens (tertiary/aromatic N) is 1. The molecule has 0 amide bonds. The number of aromatic nitrogens is 2. The van der Waals surface area contributed by atoms with Crippen LogP contribution >= 0.6 is 0 Å². The van der Waals surface area contributed by atoms with E-state index in [-0.39, 0.29) is 11.6 Å². The van der Waals surface area contributed by atoms with Gasteiger partial charge < -0.3 is 10.1 Å². The number of allylic oxidation sites excluding steroid dienone is 1. The molecule has 0 bridgehead atoms. The summed E-state index contributed by atoms with van der Waals surface area (Å²) in [6.07, 6.45) is 2.08. The summed E-state index contributed by atoms with van der Waals surface area (Å²) in [4.78, 5) is 14.2. The molecule has 0 saturated carbocycles. The van der Waals surface area contributed by atoms with Crippen molar-refractivity contribution in [3.05, 3.63) is 64.7 Å². The lowest BCUT2D eigenvalue weighted by molar-refractivity contribution is 0.418. The van der Waals surface area contributed by atoms with Crippen LogP contribution in [0.25, 0.3) is 0 Å². The maximum atomic E-state index is 11.5. The molecule has 4 nitrogen and oxygen atoms in total. The minimum atomic E-state index is -0.312. The maximum Gasteiger partial charge on any atom is 0.328 e. The summed E-state index contributed by atoms with van der Waals surface area (Å²) in [5.41, 5.74) is 1.26. The van der Waals surface area contributed by atoms with E-state index in [2.05, 4.69) is 11.6 Å². The number of aromatic hydroxyl groups is 1. The molecule has 0 radical (unpaired) electrons. The highest BCUT2D eigenvalue weighted by atomic mass is 16.3. The lowest BCUT2D eigenvalue weighted by Crippen LogP contribution is -2.15. The predicted octanol–water partition coefficient (Wildman–Crippen LogP) is 1.66. The van der Waals surface area contributed by atoms with Crippen molar-refractivity contribution in [1.29, 1.82) is 0 Å². The van der Waals surface area contributed by atoms with Crippen LogP contribution in [0.15, 0.2) is 47.8 Å². The van der Waals surface area contributed by atoms with Crippen LogP contribution < -0.4 is 5.69 Å². The molecule has 17 heavy (non-hydrogen) atoms. The molecule has 1 aromatic heterocycles. The monoisotopic (exact) mass is 230 g/mol. The zero-order valence-corrected chi connectivity index (χ0v) is 9.39. The number of hydrogen-bond donors (Lipinski definition) is 2. The van der Waals surface area contributed by atoms with Gasteiger partial charge in [0.1, 0.15) is 0 Å². The van der Waals surface area contributed by atoms with E-state index in [9.17, 15) is 9.90 Å². The molecule has 2 N–H and O–H groups in total. The Bertz CT molecular complexity index is 567. The van der Waals surface area contributed by atoms with Gasteiger partial charge in [-0.15, -0.1) is 6.58 Å². The molecule has 1 aromatic carbocycles. The van der Waals surface area contributed by atoms with Crippen molar-refractivity contribution in [3.8, 4) is 5.88 Å². The zero-order chi connectivity index (χ0) is 12.3. The first-order chi connectivity index (χ1) is 8.22. The number of benzene rings is 1. The molecule has 4 heteroatoms. The molecule has 0 fully saturated rings. The number of aromatic amines is 1. The van der Waals surface area contributed by atoms with E-state index in [1.165, 1.54) is 4.57 Å². The third-order valence-electron chi connectivity index (χ3n) is 2.56. The highest BCUT2D eigenvalue weighted by Gasteiger charge is 2.11. The van der Waals surface area contributed by atoms with Gasteiger partial charge in [-0.1, -0.05) is 36.4 Å². The predicted molar refractivity (Wildman–Crippen MR) is 66.2 cm³/mol. The smallest absolute Gasteiger partial charge is 0.328 e. The van der Waals surface area contributed by atoms with Crippen molar-refractivity contribution in [3.63, 3.8) is 0 Å². The Morgan fingerprint density at radius 3 is 2.71 bits per heavy atom. The Morgan fingerprint density at radius 2 is 2.06 bits per heavy atom. The van der Waals surface area contributed by atoms with E-state index in [1.54, 1.807) is 6.08 Å². The molecule has 0 atom stereocenters. The first-order valence-electron chi connectivity index (χ1n) is 5.38. The molecular formula is C13H14N2O2. The summed E-state index contributed by atoms with van der Waals surface area (Å²) in [6.45, 7) is 3.85. The Hall–Kier alpha value is -2.23. The van der Waals surface area contributed by atoms with Gasteiger partial charge in [0.25, 0.3) is 0 Å². The normalized spacial score (nSPS) is 10.4. The molecule has 0 aliphatic carbocycles. The SMILES string of the molecule is C=CCn1c(O)c(Cc2ccccc2)[nH]c1=O. The van der Waals surface area contributed by atoms with Crippen LogP contribution in [0.1, 0.15) is 11.3 Å². The standard InChI is InChI=1S/C13H14N2O2/c1-2-8-15-12(16)11(14-13(15)17)9-10-6-4-3-5-7-10/h2-7,16H,1,8-9H2,(H,14,17). The van der Waals surface area contributed by atoms with Gasteiger partial charge in [-0.2, -0.15) is 0 Å². The average molecular weight is 230 g/mol. The van der Waals surface area contributed by atoms with E-state index >= 15 is 0 Å². The minimum Gasteiger partial charge on any atom is -0.493 e. The Balaban J connectivity index is 2.31. The maximum absolute atomic E-state index is 11.5. The van der Waals surface area contributed by atoms with Gasteiger partial charge in [0.05, 0.1) is 5.69 Å². The first kappa shape index (κ1) is 11.3. The van der Waals surface area contributed by atoms with Crippen LogP contribution in [0.4, 0.5) is 0 Å². The number of hydrogen-bond acceptors (Lipinski definition) is 2. The molecule has 1 heterocycles. The summed E-state index contributed by atoms with van der Waals surface area (Å²) in [6, 6.07) is 9.66. The van der Waals surface area contributed by atoms with E-state index in [0.717, 1.165) is 5.56 Å². The van der Waals surface area contributed by atoms with Crippen LogP contribution in [0.3, 0.4) is 0 Å². The molecule has 2 aromatic rings. The zero-order valence-electron chi connectivity index (χ0n) is 9.39. The third kappa shape index (κ3) is 2.30. The molecule has 0 saturated heterocycles. The fourth-order valence-corrected chi connectivity index (χ4v) is 1.73. The van der Waals surface area contributed by atoms with E-state index in [0.29, 0.717) is 18.7 Å². The van der Waals surface area contributed by atoms with Gasteiger partial charge in [-0.3, -0.25) is 4.57 Å². The topological polar surface area (TPSA) is 58.0 Å². The van der Waals surface area contributed by atoms with Gasteiger partial charge in [-0.25, -0.2) is 4.79 Å². The lowest BCUT2D eigenvalue weighted by Gasteiger charge is -2.01. The number of H-pyrrole nitrogens is 1. The third-order valence-corrected chi connectivity index (χ3v) is 2.56. The van der Waals surface area contributed by atoms with Gasteiger partial charge in [0.15, 0.2) is 0 Å². The fourth-order valence-electron chi connectivity index (χ4n) is 1.73. The molecule has 0 unspecified atom stereocenters. The summed E-state index contributed by atoms with van der Waals surface area (Å²) in [5.74, 6) is -0.0150. The lowest BCUT2D eigenvalue weighted by atomic mass is 10.1. The van der Waals surface area contributed by atoms with Crippen molar-refractivity contribution in [1.82, 2.24) is 9.55 Å². The average Bonchev–Trinajstić information content (AvgIpc) is 2.59. The fraction of sp³-hybridized carbons (Fsp3) is 0.154. The quantitative estimate of drug-likeness (QED) is 0.785. The largest absolute Gasteiger partial charge is 0.493 e. The summed E-state index contributed by atoms with van der Waals surface area (Å²) >= 11 is 0. The van der Waals surface area contributed by atoms with Crippen molar-refractivity contribution in [2.24, 2.45) is 0 Å². The second kappa shape index (κ2) is 4.74. The number of rotatable bonds is 4. The van der Waals surface area contributed by atoms with Crippen LogP contribution in [-0.2, 0) is 13.0 Å². The molecule has 0 aliphatic heterocycles. The first-order valence-corrected chi connectivity index (χ1v) is 5.38. The van der Waals surface area contributed by atoms with Crippen LogP contribution in [0.5, 0.6) is 5.88 Å². The second-order valence-electron chi connectivity index (χ2n) is 3.79. The number of imidazole rings is 1. The highest BCUT2D eigenvalue weighted by Crippen LogP contribution is 2.16. The van der Waals surface area contributed by atoms with Crippen molar-refractivity contribution < 1.29 is 5.11 Å². The van der Waals surface area contributed by atoms with Crippen molar-refractivity contribution >= 4 is 0 Å². The van der Waals surface area contributed by atoms with Crippen LogP contribution in [0, 0.1) is 0 Å². The second-order valence-corrected chi connectivity index (χ2v) is 3.79. The molecular weight excluding hydrogens is 216 g/mol. The Kier molecular flexibility index (Phi) is 3.14.